The molecule has 0 aromatic carbocycles. The van der Waals surface area contributed by atoms with Gasteiger partial charge in [0, 0.05) is 0 Å². The van der Waals surface area contributed by atoms with Crippen LogP contribution in [0.3, 0.4) is 0 Å². The van der Waals surface area contributed by atoms with Crippen LogP contribution in [0.2, 0.25) is 0 Å². The molecule has 1 rings (SSSR count). The van der Waals surface area contributed by atoms with Gasteiger partial charge in [0.25, 0.3) is 0 Å². The average Bonchev–Trinajstić information content (AvgIpc) is 2.02. The van der Waals surface area contributed by atoms with E-state index in [-0.39, 0.29) is 0 Å². The van der Waals surface area contributed by atoms with E-state index >= 15 is 0 Å². The highest BCUT2D eigenvalue weighted by Gasteiger charge is 2.37. The second kappa shape index (κ2) is 5.19. The summed E-state index contributed by atoms with van der Waals surface area (Å²) >= 11 is 0. The normalized spacial score (nSPS) is 25.1. The Morgan fingerprint density at radius 1 is 0.929 bits per heavy atom. The van der Waals surface area contributed by atoms with Crippen LogP contribution in [0.15, 0.2) is 0 Å². The largest absolute Gasteiger partial charge is 0.0683 e. The quantitative estimate of drug-likeness (QED) is 0.538. The topological polar surface area (TPSA) is 0 Å². The standard InChI is InChI=1S/C12H24.C2H6/c1-6-10-7-11(2,3)9-12(4,5)8-10;1-2/h10H,6-9H2,1-5H3;1-2H3. The summed E-state index contributed by atoms with van der Waals surface area (Å²) < 4.78 is 0. The summed E-state index contributed by atoms with van der Waals surface area (Å²) in [7, 11) is 0. The van der Waals surface area contributed by atoms with E-state index in [1.165, 1.54) is 25.7 Å². The molecule has 1 fully saturated rings. The molecular formula is C14H30. The SMILES string of the molecule is CC.CCC1CC(C)(C)CC(C)(C)C1. The first-order valence-corrected chi connectivity index (χ1v) is 6.35. The summed E-state index contributed by atoms with van der Waals surface area (Å²) in [4.78, 5) is 0. The van der Waals surface area contributed by atoms with Gasteiger partial charge in [-0.3, -0.25) is 0 Å². The molecule has 0 unspecified atom stereocenters. The minimum absolute atomic E-state index is 0.586. The van der Waals surface area contributed by atoms with Gasteiger partial charge in [-0.15, -0.1) is 0 Å². The zero-order valence-corrected chi connectivity index (χ0v) is 11.4. The van der Waals surface area contributed by atoms with Crippen LogP contribution in [0, 0.1) is 16.7 Å². The van der Waals surface area contributed by atoms with Gasteiger partial charge >= 0.3 is 0 Å². The van der Waals surface area contributed by atoms with Gasteiger partial charge in [-0.25, -0.2) is 0 Å². The van der Waals surface area contributed by atoms with E-state index in [1.807, 2.05) is 13.8 Å². The predicted molar refractivity (Wildman–Crippen MR) is 66.5 cm³/mol. The Kier molecular flexibility index (Phi) is 5.19. The third-order valence-electron chi connectivity index (χ3n) is 3.22. The van der Waals surface area contributed by atoms with E-state index in [0.717, 1.165) is 5.92 Å². The lowest BCUT2D eigenvalue weighted by Crippen LogP contribution is -2.33. The Labute approximate surface area is 91.5 Å². The van der Waals surface area contributed by atoms with Crippen LogP contribution in [-0.2, 0) is 0 Å². The molecular weight excluding hydrogens is 168 g/mol. The smallest absolute Gasteiger partial charge is 0.0347 e. The van der Waals surface area contributed by atoms with Crippen molar-refractivity contribution in [2.75, 3.05) is 0 Å². The molecule has 0 aliphatic heterocycles. The highest BCUT2D eigenvalue weighted by molar-refractivity contribution is 4.88. The molecule has 0 amide bonds. The van der Waals surface area contributed by atoms with Crippen LogP contribution in [0.5, 0.6) is 0 Å². The van der Waals surface area contributed by atoms with Crippen LogP contribution in [0.4, 0.5) is 0 Å². The predicted octanol–water partition coefficient (Wildman–Crippen LogP) is 5.28. The Morgan fingerprint density at radius 3 is 1.57 bits per heavy atom. The Balaban J connectivity index is 0.000000791. The van der Waals surface area contributed by atoms with Crippen molar-refractivity contribution in [1.29, 1.82) is 0 Å². The summed E-state index contributed by atoms with van der Waals surface area (Å²) in [5, 5.41) is 0. The Hall–Kier alpha value is 0. The van der Waals surface area contributed by atoms with Crippen molar-refractivity contribution >= 4 is 0 Å². The maximum Gasteiger partial charge on any atom is -0.0347 e. The van der Waals surface area contributed by atoms with Crippen molar-refractivity contribution < 1.29 is 0 Å². The molecule has 1 saturated carbocycles. The van der Waals surface area contributed by atoms with Crippen LogP contribution in [-0.4, -0.2) is 0 Å². The van der Waals surface area contributed by atoms with Gasteiger partial charge in [-0.1, -0.05) is 54.9 Å². The van der Waals surface area contributed by atoms with Crippen molar-refractivity contribution in [3.05, 3.63) is 0 Å². The molecule has 14 heavy (non-hydrogen) atoms. The maximum absolute atomic E-state index is 2.43. The lowest BCUT2D eigenvalue weighted by atomic mass is 9.61. The fourth-order valence-electron chi connectivity index (χ4n) is 3.36. The summed E-state index contributed by atoms with van der Waals surface area (Å²) in [5.74, 6) is 0.976. The van der Waals surface area contributed by atoms with E-state index in [9.17, 15) is 0 Å². The molecule has 0 nitrogen and oxygen atoms in total. The van der Waals surface area contributed by atoms with Crippen LogP contribution in [0.1, 0.15) is 74.1 Å². The minimum atomic E-state index is 0.586. The van der Waals surface area contributed by atoms with Crippen LogP contribution < -0.4 is 0 Å². The summed E-state index contributed by atoms with van der Waals surface area (Å²) in [6.07, 6.45) is 5.64. The molecule has 0 spiro atoms. The second-order valence-electron chi connectivity index (χ2n) is 6.19. The van der Waals surface area contributed by atoms with Crippen molar-refractivity contribution in [3.8, 4) is 0 Å². The van der Waals surface area contributed by atoms with E-state index in [1.54, 1.807) is 0 Å². The van der Waals surface area contributed by atoms with Gasteiger partial charge < -0.3 is 0 Å². The molecule has 1 aliphatic carbocycles. The molecule has 0 heterocycles. The third-order valence-corrected chi connectivity index (χ3v) is 3.22. The number of hydrogen-bond donors (Lipinski definition) is 0. The second-order valence-corrected chi connectivity index (χ2v) is 6.19. The van der Waals surface area contributed by atoms with Crippen LogP contribution in [0.25, 0.3) is 0 Å². The fraction of sp³-hybridized carbons (Fsp3) is 1.00. The Bertz CT molecular complexity index is 137. The molecule has 0 radical (unpaired) electrons. The molecule has 0 bridgehead atoms. The van der Waals surface area contributed by atoms with E-state index in [4.69, 9.17) is 0 Å². The van der Waals surface area contributed by atoms with Crippen molar-refractivity contribution in [2.45, 2.75) is 74.1 Å². The van der Waals surface area contributed by atoms with E-state index in [2.05, 4.69) is 34.6 Å². The van der Waals surface area contributed by atoms with E-state index < -0.39 is 0 Å². The molecule has 86 valence electrons. The van der Waals surface area contributed by atoms with Gasteiger partial charge in [-0.05, 0) is 36.0 Å². The molecule has 0 atom stereocenters. The summed E-state index contributed by atoms with van der Waals surface area (Å²) in [6, 6.07) is 0. The maximum atomic E-state index is 2.43. The van der Waals surface area contributed by atoms with Crippen LogP contribution >= 0.6 is 0 Å². The van der Waals surface area contributed by atoms with E-state index in [0.29, 0.717) is 10.8 Å². The first-order chi connectivity index (χ1) is 6.35. The van der Waals surface area contributed by atoms with Gasteiger partial charge in [0.1, 0.15) is 0 Å². The molecule has 1 aliphatic rings. The average molecular weight is 198 g/mol. The molecule has 0 heteroatoms. The van der Waals surface area contributed by atoms with Crippen molar-refractivity contribution in [2.24, 2.45) is 16.7 Å². The first kappa shape index (κ1) is 14.0. The van der Waals surface area contributed by atoms with Gasteiger partial charge in [0.05, 0.1) is 0 Å². The number of rotatable bonds is 1. The minimum Gasteiger partial charge on any atom is -0.0683 e. The monoisotopic (exact) mass is 198 g/mol. The van der Waals surface area contributed by atoms with Gasteiger partial charge in [0.15, 0.2) is 0 Å². The zero-order valence-electron chi connectivity index (χ0n) is 11.4. The first-order valence-electron chi connectivity index (χ1n) is 6.35. The zero-order chi connectivity index (χ0) is 11.4. The van der Waals surface area contributed by atoms with Gasteiger partial charge in [-0.2, -0.15) is 0 Å². The summed E-state index contributed by atoms with van der Waals surface area (Å²) in [5.41, 5.74) is 1.17. The molecule has 0 saturated heterocycles. The molecule has 0 N–H and O–H groups in total. The lowest BCUT2D eigenvalue weighted by Gasteiger charge is -2.44. The fourth-order valence-corrected chi connectivity index (χ4v) is 3.36. The third kappa shape index (κ3) is 4.48. The lowest BCUT2D eigenvalue weighted by molar-refractivity contribution is 0.0660. The van der Waals surface area contributed by atoms with Gasteiger partial charge in [0.2, 0.25) is 0 Å². The summed E-state index contributed by atoms with van der Waals surface area (Å²) in [6.45, 7) is 16.0. The molecule has 0 aromatic heterocycles. The Morgan fingerprint density at radius 2 is 1.29 bits per heavy atom. The van der Waals surface area contributed by atoms with Crippen molar-refractivity contribution in [1.82, 2.24) is 0 Å². The van der Waals surface area contributed by atoms with Crippen molar-refractivity contribution in [3.63, 3.8) is 0 Å². The highest BCUT2D eigenvalue weighted by Crippen LogP contribution is 2.48. The number of hydrogen-bond acceptors (Lipinski definition) is 0. The highest BCUT2D eigenvalue weighted by atomic mass is 14.4. The molecule has 0 aromatic rings.